The SMILES string of the molecule is CCCC(OCC)C(O)c1ccccc1F. The van der Waals surface area contributed by atoms with E-state index in [1.807, 2.05) is 13.8 Å². The largest absolute Gasteiger partial charge is 0.386 e. The van der Waals surface area contributed by atoms with Crippen LogP contribution in [0.25, 0.3) is 0 Å². The van der Waals surface area contributed by atoms with Gasteiger partial charge in [0.15, 0.2) is 0 Å². The molecule has 0 aliphatic carbocycles. The van der Waals surface area contributed by atoms with Gasteiger partial charge >= 0.3 is 0 Å². The number of hydrogen-bond donors (Lipinski definition) is 1. The number of aliphatic hydroxyl groups excluding tert-OH is 1. The van der Waals surface area contributed by atoms with E-state index < -0.39 is 6.10 Å². The van der Waals surface area contributed by atoms with Crippen molar-refractivity contribution in [1.82, 2.24) is 0 Å². The topological polar surface area (TPSA) is 29.5 Å². The number of hydrogen-bond acceptors (Lipinski definition) is 2. The van der Waals surface area contributed by atoms with E-state index in [0.717, 1.165) is 12.8 Å². The van der Waals surface area contributed by atoms with Crippen LogP contribution < -0.4 is 0 Å². The molecule has 0 amide bonds. The lowest BCUT2D eigenvalue weighted by Crippen LogP contribution is -2.23. The Bertz CT molecular complexity index is 309. The smallest absolute Gasteiger partial charge is 0.129 e. The zero-order valence-corrected chi connectivity index (χ0v) is 9.82. The van der Waals surface area contributed by atoms with Crippen LogP contribution in [0, 0.1) is 5.82 Å². The van der Waals surface area contributed by atoms with Crippen molar-refractivity contribution in [2.24, 2.45) is 0 Å². The second kappa shape index (κ2) is 6.61. The average molecular weight is 226 g/mol. The molecule has 0 bridgehead atoms. The zero-order valence-electron chi connectivity index (χ0n) is 9.82. The van der Waals surface area contributed by atoms with Gasteiger partial charge in [-0.1, -0.05) is 31.5 Å². The number of halogens is 1. The maximum atomic E-state index is 13.5. The minimum Gasteiger partial charge on any atom is -0.386 e. The first-order valence-corrected chi connectivity index (χ1v) is 5.74. The van der Waals surface area contributed by atoms with E-state index in [1.54, 1.807) is 18.2 Å². The lowest BCUT2D eigenvalue weighted by molar-refractivity contribution is -0.0398. The van der Waals surface area contributed by atoms with Crippen molar-refractivity contribution < 1.29 is 14.2 Å². The molecular formula is C13H19FO2. The fourth-order valence-corrected chi connectivity index (χ4v) is 1.75. The summed E-state index contributed by atoms with van der Waals surface area (Å²) in [4.78, 5) is 0. The first-order valence-electron chi connectivity index (χ1n) is 5.74. The predicted octanol–water partition coefficient (Wildman–Crippen LogP) is 3.06. The molecule has 1 aromatic carbocycles. The summed E-state index contributed by atoms with van der Waals surface area (Å²) in [6, 6.07) is 6.28. The third-order valence-electron chi connectivity index (χ3n) is 2.53. The van der Waals surface area contributed by atoms with Gasteiger partial charge in [-0.15, -0.1) is 0 Å². The summed E-state index contributed by atoms with van der Waals surface area (Å²) in [5.74, 6) is -0.379. The van der Waals surface area contributed by atoms with Crippen LogP contribution in [0.15, 0.2) is 24.3 Å². The average Bonchev–Trinajstić information content (AvgIpc) is 2.28. The lowest BCUT2D eigenvalue weighted by Gasteiger charge is -2.23. The van der Waals surface area contributed by atoms with E-state index in [4.69, 9.17) is 4.74 Å². The second-order valence-electron chi connectivity index (χ2n) is 3.75. The fourth-order valence-electron chi connectivity index (χ4n) is 1.75. The van der Waals surface area contributed by atoms with Crippen LogP contribution >= 0.6 is 0 Å². The molecule has 0 aromatic heterocycles. The molecule has 2 atom stereocenters. The Labute approximate surface area is 96.1 Å². The van der Waals surface area contributed by atoms with Gasteiger partial charge in [-0.05, 0) is 19.4 Å². The molecular weight excluding hydrogens is 207 g/mol. The van der Waals surface area contributed by atoms with Gasteiger partial charge in [0.05, 0.1) is 6.10 Å². The van der Waals surface area contributed by atoms with Gasteiger partial charge in [0.2, 0.25) is 0 Å². The van der Waals surface area contributed by atoms with Crippen molar-refractivity contribution >= 4 is 0 Å². The molecule has 2 nitrogen and oxygen atoms in total. The van der Waals surface area contributed by atoms with Gasteiger partial charge in [-0.3, -0.25) is 0 Å². The van der Waals surface area contributed by atoms with E-state index in [2.05, 4.69) is 0 Å². The first-order chi connectivity index (χ1) is 7.70. The summed E-state index contributed by atoms with van der Waals surface area (Å²) in [5.41, 5.74) is 0.314. The molecule has 0 aliphatic rings. The van der Waals surface area contributed by atoms with Crippen LogP contribution in [0.5, 0.6) is 0 Å². The van der Waals surface area contributed by atoms with Crippen molar-refractivity contribution in [2.75, 3.05) is 6.61 Å². The molecule has 1 N–H and O–H groups in total. The summed E-state index contributed by atoms with van der Waals surface area (Å²) in [6.45, 7) is 4.41. The molecule has 3 heteroatoms. The molecule has 0 fully saturated rings. The molecule has 0 saturated heterocycles. The Morgan fingerprint density at radius 2 is 2.00 bits per heavy atom. The molecule has 16 heavy (non-hydrogen) atoms. The molecule has 2 unspecified atom stereocenters. The zero-order chi connectivity index (χ0) is 12.0. The maximum Gasteiger partial charge on any atom is 0.129 e. The molecule has 1 rings (SSSR count). The van der Waals surface area contributed by atoms with Crippen LogP contribution in [0.3, 0.4) is 0 Å². The van der Waals surface area contributed by atoms with Crippen LogP contribution in [0.1, 0.15) is 38.4 Å². The summed E-state index contributed by atoms with van der Waals surface area (Å²) >= 11 is 0. The number of ether oxygens (including phenoxy) is 1. The fraction of sp³-hybridized carbons (Fsp3) is 0.538. The van der Waals surface area contributed by atoms with Crippen molar-refractivity contribution in [3.8, 4) is 0 Å². The van der Waals surface area contributed by atoms with Crippen molar-refractivity contribution in [3.63, 3.8) is 0 Å². The van der Waals surface area contributed by atoms with Gasteiger partial charge in [-0.2, -0.15) is 0 Å². The van der Waals surface area contributed by atoms with E-state index in [9.17, 15) is 9.50 Å². The van der Waals surface area contributed by atoms with Gasteiger partial charge in [-0.25, -0.2) is 4.39 Å². The number of rotatable bonds is 6. The molecule has 1 aromatic rings. The van der Waals surface area contributed by atoms with E-state index in [-0.39, 0.29) is 11.9 Å². The van der Waals surface area contributed by atoms with Gasteiger partial charge in [0, 0.05) is 12.2 Å². The molecule has 0 saturated carbocycles. The second-order valence-corrected chi connectivity index (χ2v) is 3.75. The number of benzene rings is 1. The highest BCUT2D eigenvalue weighted by Gasteiger charge is 2.22. The lowest BCUT2D eigenvalue weighted by atomic mass is 10.0. The standard InChI is InChI=1S/C13H19FO2/c1-3-7-12(16-4-2)13(15)10-8-5-6-9-11(10)14/h5-6,8-9,12-13,15H,3-4,7H2,1-2H3. The van der Waals surface area contributed by atoms with Crippen molar-refractivity contribution in [2.45, 2.75) is 38.9 Å². The van der Waals surface area contributed by atoms with Crippen molar-refractivity contribution in [3.05, 3.63) is 35.6 Å². The Balaban J connectivity index is 2.81. The van der Waals surface area contributed by atoms with Crippen LogP contribution in [0.4, 0.5) is 4.39 Å². The normalized spacial score (nSPS) is 14.8. The van der Waals surface area contributed by atoms with Gasteiger partial charge in [0.1, 0.15) is 11.9 Å². The van der Waals surface area contributed by atoms with Gasteiger partial charge < -0.3 is 9.84 Å². The summed E-state index contributed by atoms with van der Waals surface area (Å²) in [5, 5.41) is 10.1. The van der Waals surface area contributed by atoms with E-state index >= 15 is 0 Å². The first kappa shape index (κ1) is 13.1. The molecule has 0 radical (unpaired) electrons. The minimum atomic E-state index is -0.888. The molecule has 0 heterocycles. The Morgan fingerprint density at radius 3 is 2.56 bits per heavy atom. The van der Waals surface area contributed by atoms with E-state index in [0.29, 0.717) is 12.2 Å². The molecule has 0 spiro atoms. The molecule has 90 valence electrons. The third-order valence-corrected chi connectivity index (χ3v) is 2.53. The summed E-state index contributed by atoms with van der Waals surface area (Å²) in [6.07, 6.45) is 0.410. The minimum absolute atomic E-state index is 0.314. The van der Waals surface area contributed by atoms with Crippen molar-refractivity contribution in [1.29, 1.82) is 0 Å². The highest BCUT2D eigenvalue weighted by atomic mass is 19.1. The summed E-state index contributed by atoms with van der Waals surface area (Å²) < 4.78 is 18.9. The predicted molar refractivity (Wildman–Crippen MR) is 61.7 cm³/mol. The quantitative estimate of drug-likeness (QED) is 0.807. The van der Waals surface area contributed by atoms with Crippen LogP contribution in [0.2, 0.25) is 0 Å². The highest BCUT2D eigenvalue weighted by molar-refractivity contribution is 5.20. The highest BCUT2D eigenvalue weighted by Crippen LogP contribution is 2.24. The Hall–Kier alpha value is -0.930. The maximum absolute atomic E-state index is 13.5. The van der Waals surface area contributed by atoms with Crippen LogP contribution in [-0.2, 0) is 4.74 Å². The monoisotopic (exact) mass is 226 g/mol. The summed E-state index contributed by atoms with van der Waals surface area (Å²) in [7, 11) is 0. The Kier molecular flexibility index (Phi) is 5.43. The third kappa shape index (κ3) is 3.29. The molecule has 0 aliphatic heterocycles. The Morgan fingerprint density at radius 1 is 1.31 bits per heavy atom. The van der Waals surface area contributed by atoms with Crippen LogP contribution in [-0.4, -0.2) is 17.8 Å². The number of aliphatic hydroxyl groups is 1. The van der Waals surface area contributed by atoms with E-state index in [1.165, 1.54) is 6.07 Å². The van der Waals surface area contributed by atoms with Gasteiger partial charge in [0.25, 0.3) is 0 Å².